The van der Waals surface area contributed by atoms with E-state index in [0.717, 1.165) is 27.9 Å². The molecule has 4 heteroatoms. The number of aryl methyl sites for hydroxylation is 1. The fourth-order valence-electron chi connectivity index (χ4n) is 3.12. The number of allylic oxidation sites excluding steroid dienone is 1. The number of hydrogen-bond donors (Lipinski definition) is 0. The van der Waals surface area contributed by atoms with Crippen LogP contribution < -0.4 is 4.74 Å². The van der Waals surface area contributed by atoms with Crippen LogP contribution in [0.1, 0.15) is 18.3 Å². The Hall–Kier alpha value is -3.32. The number of imidazole rings is 1. The van der Waals surface area contributed by atoms with Gasteiger partial charge in [0.25, 0.3) is 0 Å². The standard InChI is InChI=1S/C21H17N3O/c1-14-16(11-15-7-3-6-10-20(15)25-14)12-17(13-22)21-23-18-8-4-5-9-19(18)24(21)2/h3-12,14H,1-2H3/b17-12+. The van der Waals surface area contributed by atoms with E-state index in [-0.39, 0.29) is 6.10 Å². The molecule has 0 fully saturated rings. The van der Waals surface area contributed by atoms with Crippen LogP contribution in [0.15, 0.2) is 60.2 Å². The van der Waals surface area contributed by atoms with Crippen LogP contribution in [0.2, 0.25) is 0 Å². The van der Waals surface area contributed by atoms with Gasteiger partial charge >= 0.3 is 0 Å². The highest BCUT2D eigenvalue weighted by atomic mass is 16.5. The Kier molecular flexibility index (Phi) is 3.62. The van der Waals surface area contributed by atoms with Gasteiger partial charge in [0.2, 0.25) is 0 Å². The number of aromatic nitrogens is 2. The summed E-state index contributed by atoms with van der Waals surface area (Å²) >= 11 is 0. The molecule has 0 aliphatic carbocycles. The maximum atomic E-state index is 9.70. The van der Waals surface area contributed by atoms with Gasteiger partial charge in [-0.1, -0.05) is 30.3 Å². The molecule has 0 N–H and O–H groups in total. The Morgan fingerprint density at radius 3 is 2.76 bits per heavy atom. The van der Waals surface area contributed by atoms with Crippen molar-refractivity contribution in [2.45, 2.75) is 13.0 Å². The van der Waals surface area contributed by atoms with Gasteiger partial charge in [-0.05, 0) is 42.8 Å². The summed E-state index contributed by atoms with van der Waals surface area (Å²) in [6.45, 7) is 1.99. The predicted octanol–water partition coefficient (Wildman–Crippen LogP) is 4.34. The molecule has 2 heterocycles. The number of ether oxygens (including phenoxy) is 1. The average Bonchev–Trinajstić information content (AvgIpc) is 2.97. The molecule has 1 atom stereocenters. The van der Waals surface area contributed by atoms with E-state index in [1.165, 1.54) is 0 Å². The van der Waals surface area contributed by atoms with E-state index < -0.39 is 0 Å². The molecule has 2 aromatic carbocycles. The Balaban J connectivity index is 1.82. The highest BCUT2D eigenvalue weighted by Gasteiger charge is 2.19. The molecule has 0 bridgehead atoms. The molecule has 1 unspecified atom stereocenters. The normalized spacial score (nSPS) is 16.8. The quantitative estimate of drug-likeness (QED) is 0.658. The summed E-state index contributed by atoms with van der Waals surface area (Å²) in [4.78, 5) is 4.62. The van der Waals surface area contributed by atoms with E-state index in [4.69, 9.17) is 4.74 Å². The second-order valence-corrected chi connectivity index (χ2v) is 6.10. The van der Waals surface area contributed by atoms with Crippen LogP contribution in [0.3, 0.4) is 0 Å². The average molecular weight is 327 g/mol. The number of hydrogen-bond acceptors (Lipinski definition) is 3. The SMILES string of the molecule is CC1Oc2ccccc2C=C1/C=C(\C#N)c1nc2ccccc2n1C. The second-order valence-electron chi connectivity index (χ2n) is 6.10. The van der Waals surface area contributed by atoms with Crippen LogP contribution in [0.25, 0.3) is 22.7 Å². The van der Waals surface area contributed by atoms with Crippen molar-refractivity contribution in [3.05, 3.63) is 71.6 Å². The van der Waals surface area contributed by atoms with Gasteiger partial charge in [-0.3, -0.25) is 0 Å². The molecular formula is C21H17N3O. The van der Waals surface area contributed by atoms with Crippen molar-refractivity contribution in [2.24, 2.45) is 7.05 Å². The van der Waals surface area contributed by atoms with Gasteiger partial charge in [0.15, 0.2) is 5.82 Å². The first-order valence-electron chi connectivity index (χ1n) is 8.18. The maximum absolute atomic E-state index is 9.70. The number of fused-ring (bicyclic) bond motifs is 2. The van der Waals surface area contributed by atoms with E-state index >= 15 is 0 Å². The first-order valence-corrected chi connectivity index (χ1v) is 8.18. The fourth-order valence-corrected chi connectivity index (χ4v) is 3.12. The number of rotatable bonds is 2. The molecule has 1 aromatic heterocycles. The highest BCUT2D eigenvalue weighted by molar-refractivity contribution is 5.85. The van der Waals surface area contributed by atoms with E-state index in [2.05, 4.69) is 17.1 Å². The zero-order valence-corrected chi connectivity index (χ0v) is 14.1. The number of nitrogens with zero attached hydrogens (tertiary/aromatic N) is 3. The molecule has 25 heavy (non-hydrogen) atoms. The van der Waals surface area contributed by atoms with Gasteiger partial charge in [-0.15, -0.1) is 0 Å². The highest BCUT2D eigenvalue weighted by Crippen LogP contribution is 2.31. The summed E-state index contributed by atoms with van der Waals surface area (Å²) in [6, 6.07) is 18.1. The first-order chi connectivity index (χ1) is 12.2. The van der Waals surface area contributed by atoms with E-state index in [0.29, 0.717) is 11.4 Å². The smallest absolute Gasteiger partial charge is 0.151 e. The molecule has 0 saturated heterocycles. The van der Waals surface area contributed by atoms with Crippen LogP contribution in [0.5, 0.6) is 5.75 Å². The zero-order valence-electron chi connectivity index (χ0n) is 14.1. The summed E-state index contributed by atoms with van der Waals surface area (Å²) in [5, 5.41) is 9.70. The van der Waals surface area contributed by atoms with Gasteiger partial charge in [0.1, 0.15) is 17.9 Å². The van der Waals surface area contributed by atoms with Crippen LogP contribution >= 0.6 is 0 Å². The lowest BCUT2D eigenvalue weighted by Gasteiger charge is -2.23. The molecular weight excluding hydrogens is 310 g/mol. The van der Waals surface area contributed by atoms with Crippen molar-refractivity contribution >= 4 is 22.7 Å². The fraction of sp³-hybridized carbons (Fsp3) is 0.143. The molecule has 3 aromatic rings. The van der Waals surface area contributed by atoms with Crippen molar-refractivity contribution < 1.29 is 4.74 Å². The number of benzene rings is 2. The molecule has 122 valence electrons. The molecule has 0 saturated carbocycles. The van der Waals surface area contributed by atoms with Gasteiger partial charge < -0.3 is 9.30 Å². The van der Waals surface area contributed by atoms with Crippen molar-refractivity contribution in [3.63, 3.8) is 0 Å². The maximum Gasteiger partial charge on any atom is 0.151 e. The van der Waals surface area contributed by atoms with Crippen LogP contribution in [-0.2, 0) is 7.05 Å². The largest absolute Gasteiger partial charge is 0.485 e. The third-order valence-electron chi connectivity index (χ3n) is 4.47. The zero-order chi connectivity index (χ0) is 17.4. The molecule has 4 nitrogen and oxygen atoms in total. The minimum absolute atomic E-state index is 0.118. The van der Waals surface area contributed by atoms with E-state index in [1.54, 1.807) is 0 Å². The first kappa shape index (κ1) is 15.2. The minimum atomic E-state index is -0.118. The Bertz CT molecular complexity index is 1070. The summed E-state index contributed by atoms with van der Waals surface area (Å²) in [6.07, 6.45) is 3.83. The topological polar surface area (TPSA) is 50.8 Å². The summed E-state index contributed by atoms with van der Waals surface area (Å²) in [5.74, 6) is 1.53. The lowest BCUT2D eigenvalue weighted by atomic mass is 10.0. The lowest BCUT2D eigenvalue weighted by molar-refractivity contribution is 0.257. The Morgan fingerprint density at radius 1 is 1.20 bits per heavy atom. The van der Waals surface area contributed by atoms with Gasteiger partial charge in [-0.2, -0.15) is 5.26 Å². The second kappa shape index (κ2) is 5.95. The van der Waals surface area contributed by atoms with Crippen molar-refractivity contribution in [3.8, 4) is 11.8 Å². The number of nitriles is 1. The molecule has 1 aliphatic heterocycles. The molecule has 0 spiro atoms. The molecule has 4 rings (SSSR count). The van der Waals surface area contributed by atoms with E-state index in [9.17, 15) is 5.26 Å². The predicted molar refractivity (Wildman–Crippen MR) is 98.8 cm³/mol. The monoisotopic (exact) mass is 327 g/mol. The third kappa shape index (κ3) is 2.60. The summed E-state index contributed by atoms with van der Waals surface area (Å²) < 4.78 is 7.92. The molecule has 0 radical (unpaired) electrons. The summed E-state index contributed by atoms with van der Waals surface area (Å²) in [7, 11) is 1.93. The Morgan fingerprint density at radius 2 is 1.96 bits per heavy atom. The third-order valence-corrected chi connectivity index (χ3v) is 4.47. The Labute approximate surface area is 146 Å². The number of para-hydroxylation sites is 3. The minimum Gasteiger partial charge on any atom is -0.485 e. The van der Waals surface area contributed by atoms with Gasteiger partial charge in [-0.25, -0.2) is 4.98 Å². The molecule has 0 amide bonds. The molecule has 1 aliphatic rings. The van der Waals surface area contributed by atoms with Crippen LogP contribution in [0.4, 0.5) is 0 Å². The van der Waals surface area contributed by atoms with Crippen molar-refractivity contribution in [1.82, 2.24) is 9.55 Å². The van der Waals surface area contributed by atoms with E-state index in [1.807, 2.05) is 73.1 Å². The van der Waals surface area contributed by atoms with Gasteiger partial charge in [0, 0.05) is 12.6 Å². The van der Waals surface area contributed by atoms with Gasteiger partial charge in [0.05, 0.1) is 16.6 Å². The van der Waals surface area contributed by atoms with Crippen LogP contribution in [-0.4, -0.2) is 15.7 Å². The summed E-state index contributed by atoms with van der Waals surface area (Å²) in [5.41, 5.74) is 4.40. The van der Waals surface area contributed by atoms with Crippen LogP contribution in [0, 0.1) is 11.3 Å². The lowest BCUT2D eigenvalue weighted by Crippen LogP contribution is -2.18. The van der Waals surface area contributed by atoms with Crippen molar-refractivity contribution in [2.75, 3.05) is 0 Å². The van der Waals surface area contributed by atoms with Crippen molar-refractivity contribution in [1.29, 1.82) is 5.26 Å².